The highest BCUT2D eigenvalue weighted by Crippen LogP contribution is 2.18. The molecule has 1 aromatic carbocycles. The maximum atomic E-state index is 5.85. The lowest BCUT2D eigenvalue weighted by molar-refractivity contribution is 0.448. The summed E-state index contributed by atoms with van der Waals surface area (Å²) in [5.74, 6) is 0.832. The molecule has 0 saturated carbocycles. The summed E-state index contributed by atoms with van der Waals surface area (Å²) in [6.45, 7) is 0.211. The fourth-order valence-corrected chi connectivity index (χ4v) is 2.19. The Morgan fingerprint density at radius 2 is 1.96 bits per heavy atom. The first-order valence-electron chi connectivity index (χ1n) is 7.29. The van der Waals surface area contributed by atoms with E-state index in [1.807, 2.05) is 24.3 Å². The summed E-state index contributed by atoms with van der Waals surface area (Å²) in [5, 5.41) is 23.8. The van der Waals surface area contributed by atoms with Crippen molar-refractivity contribution in [1.29, 1.82) is 0 Å². The first kappa shape index (κ1) is 15.2. The number of pyridine rings is 1. The number of hydrogen-bond acceptors (Lipinski definition) is 8. The summed E-state index contributed by atoms with van der Waals surface area (Å²) >= 11 is 5.85. The van der Waals surface area contributed by atoms with Crippen LogP contribution in [0.4, 0.5) is 11.7 Å². The van der Waals surface area contributed by atoms with E-state index in [2.05, 4.69) is 35.9 Å². The highest BCUT2D eigenvalue weighted by molar-refractivity contribution is 6.30. The van der Waals surface area contributed by atoms with Gasteiger partial charge in [0.15, 0.2) is 0 Å². The summed E-state index contributed by atoms with van der Waals surface area (Å²) in [7, 11) is 0. The molecule has 0 saturated heterocycles. The number of nitrogens with one attached hydrogen (secondary N) is 1. The molecule has 25 heavy (non-hydrogen) atoms. The third kappa shape index (κ3) is 3.61. The zero-order valence-corrected chi connectivity index (χ0v) is 13.5. The Balaban J connectivity index is 1.44. The van der Waals surface area contributed by atoms with Gasteiger partial charge in [-0.1, -0.05) is 16.7 Å². The summed E-state index contributed by atoms with van der Waals surface area (Å²) in [5.41, 5.74) is 1.57. The highest BCUT2D eigenvalue weighted by atomic mass is 35.5. The van der Waals surface area contributed by atoms with Crippen molar-refractivity contribution in [3.63, 3.8) is 0 Å². The summed E-state index contributed by atoms with van der Waals surface area (Å²) < 4.78 is 5.53. The van der Waals surface area contributed by atoms with Gasteiger partial charge in [-0.2, -0.15) is 4.80 Å². The number of anilines is 2. The molecule has 0 atom stereocenters. The first-order valence-corrected chi connectivity index (χ1v) is 7.67. The largest absolute Gasteiger partial charge is 0.406 e. The quantitative estimate of drug-likeness (QED) is 0.582. The van der Waals surface area contributed by atoms with Crippen molar-refractivity contribution in [2.75, 3.05) is 5.32 Å². The second-order valence-electron chi connectivity index (χ2n) is 5.02. The maximum Gasteiger partial charge on any atom is 0.320 e. The molecule has 0 fully saturated rings. The van der Waals surface area contributed by atoms with Crippen LogP contribution in [0.25, 0.3) is 11.4 Å². The van der Waals surface area contributed by atoms with Gasteiger partial charge < -0.3 is 9.73 Å². The summed E-state index contributed by atoms with van der Waals surface area (Å²) in [4.78, 5) is 5.41. The van der Waals surface area contributed by atoms with E-state index in [0.717, 1.165) is 11.3 Å². The molecule has 9 nitrogen and oxygen atoms in total. The van der Waals surface area contributed by atoms with Crippen molar-refractivity contribution in [3.05, 3.63) is 59.7 Å². The molecule has 0 aliphatic heterocycles. The van der Waals surface area contributed by atoms with Gasteiger partial charge in [-0.25, -0.2) is 0 Å². The second kappa shape index (κ2) is 6.65. The van der Waals surface area contributed by atoms with E-state index in [4.69, 9.17) is 16.0 Å². The number of rotatable bonds is 5. The molecule has 4 aromatic rings. The van der Waals surface area contributed by atoms with Crippen LogP contribution in [0.15, 0.2) is 53.2 Å². The third-order valence-corrected chi connectivity index (χ3v) is 3.46. The average molecular weight is 355 g/mol. The van der Waals surface area contributed by atoms with Gasteiger partial charge in [0.1, 0.15) is 6.54 Å². The predicted molar refractivity (Wildman–Crippen MR) is 89.2 cm³/mol. The van der Waals surface area contributed by atoms with Gasteiger partial charge in [0.25, 0.3) is 0 Å². The fraction of sp³-hybridized carbons (Fsp3) is 0.0667. The van der Waals surface area contributed by atoms with Gasteiger partial charge in [0.2, 0.25) is 11.7 Å². The van der Waals surface area contributed by atoms with Crippen molar-refractivity contribution in [2.24, 2.45) is 0 Å². The van der Waals surface area contributed by atoms with E-state index in [9.17, 15) is 0 Å². The first-order chi connectivity index (χ1) is 12.3. The Hall–Kier alpha value is -3.33. The van der Waals surface area contributed by atoms with Crippen LogP contribution in [0.1, 0.15) is 5.89 Å². The summed E-state index contributed by atoms with van der Waals surface area (Å²) in [6.07, 6.45) is 3.35. The minimum Gasteiger partial charge on any atom is -0.406 e. The maximum absolute atomic E-state index is 5.85. The number of hydrogen-bond donors (Lipinski definition) is 1. The Labute approximate surface area is 146 Å². The van der Waals surface area contributed by atoms with E-state index in [1.54, 1.807) is 24.5 Å². The van der Waals surface area contributed by atoms with Gasteiger partial charge in [-0.05, 0) is 41.6 Å². The van der Waals surface area contributed by atoms with Crippen LogP contribution in [0.5, 0.6) is 0 Å². The van der Waals surface area contributed by atoms with Gasteiger partial charge in [0.05, 0.1) is 0 Å². The molecule has 0 radical (unpaired) electrons. The lowest BCUT2D eigenvalue weighted by Crippen LogP contribution is -2.04. The standard InChI is InChI=1S/C15H11ClN8O/c16-11-3-5-12(6-4-11)18-15-21-19-13(25-15)9-24-22-14(20-23-24)10-2-1-7-17-8-10/h1-8H,9H2,(H,18,21). The highest BCUT2D eigenvalue weighted by Gasteiger charge is 2.11. The zero-order chi connectivity index (χ0) is 17.1. The lowest BCUT2D eigenvalue weighted by atomic mass is 10.3. The molecule has 0 aliphatic rings. The van der Waals surface area contributed by atoms with Crippen LogP contribution in [-0.4, -0.2) is 35.4 Å². The Morgan fingerprint density at radius 3 is 2.76 bits per heavy atom. The Bertz CT molecular complexity index is 967. The lowest BCUT2D eigenvalue weighted by Gasteiger charge is -2.00. The van der Waals surface area contributed by atoms with Crippen LogP contribution < -0.4 is 5.32 Å². The van der Waals surface area contributed by atoms with E-state index >= 15 is 0 Å². The normalized spacial score (nSPS) is 10.8. The Morgan fingerprint density at radius 1 is 1.08 bits per heavy atom. The van der Waals surface area contributed by atoms with Crippen molar-refractivity contribution >= 4 is 23.3 Å². The number of aromatic nitrogens is 7. The zero-order valence-electron chi connectivity index (χ0n) is 12.7. The molecular formula is C15H11ClN8O. The topological polar surface area (TPSA) is 107 Å². The number of halogens is 1. The average Bonchev–Trinajstić information content (AvgIpc) is 3.28. The molecule has 4 rings (SSSR count). The van der Waals surface area contributed by atoms with Gasteiger partial charge in [-0.15, -0.1) is 15.3 Å². The minimum atomic E-state index is 0.211. The smallest absolute Gasteiger partial charge is 0.320 e. The van der Waals surface area contributed by atoms with Crippen LogP contribution >= 0.6 is 11.6 Å². The molecule has 3 aromatic heterocycles. The van der Waals surface area contributed by atoms with Crippen LogP contribution in [0.3, 0.4) is 0 Å². The van der Waals surface area contributed by atoms with Crippen molar-refractivity contribution in [2.45, 2.75) is 6.54 Å². The number of benzene rings is 1. The molecule has 3 heterocycles. The second-order valence-corrected chi connectivity index (χ2v) is 5.45. The molecular weight excluding hydrogens is 344 g/mol. The van der Waals surface area contributed by atoms with Gasteiger partial charge >= 0.3 is 6.01 Å². The molecule has 0 aliphatic carbocycles. The summed E-state index contributed by atoms with van der Waals surface area (Å²) in [6, 6.07) is 11.1. The van der Waals surface area contributed by atoms with Crippen LogP contribution in [-0.2, 0) is 6.54 Å². The van der Waals surface area contributed by atoms with Crippen LogP contribution in [0.2, 0.25) is 5.02 Å². The molecule has 0 bridgehead atoms. The monoisotopic (exact) mass is 354 g/mol. The predicted octanol–water partition coefficient (Wildman–Crippen LogP) is 2.56. The van der Waals surface area contributed by atoms with Gasteiger partial charge in [0, 0.05) is 28.7 Å². The molecule has 0 spiro atoms. The van der Waals surface area contributed by atoms with Crippen molar-refractivity contribution in [1.82, 2.24) is 35.4 Å². The number of nitrogens with zero attached hydrogens (tertiary/aromatic N) is 7. The Kier molecular flexibility index (Phi) is 4.05. The number of tetrazole rings is 1. The molecule has 1 N–H and O–H groups in total. The van der Waals surface area contributed by atoms with E-state index < -0.39 is 0 Å². The minimum absolute atomic E-state index is 0.211. The molecule has 0 amide bonds. The SMILES string of the molecule is Clc1ccc(Nc2nnc(Cn3nnc(-c4cccnc4)n3)o2)cc1. The molecule has 124 valence electrons. The third-order valence-electron chi connectivity index (χ3n) is 3.21. The fourth-order valence-electron chi connectivity index (χ4n) is 2.07. The molecule has 0 unspecified atom stereocenters. The molecule has 10 heteroatoms. The van der Waals surface area contributed by atoms with E-state index in [1.165, 1.54) is 4.80 Å². The van der Waals surface area contributed by atoms with Crippen LogP contribution in [0, 0.1) is 0 Å². The van der Waals surface area contributed by atoms with E-state index in [-0.39, 0.29) is 12.6 Å². The van der Waals surface area contributed by atoms with Gasteiger partial charge in [-0.3, -0.25) is 4.98 Å². The van der Waals surface area contributed by atoms with Crippen molar-refractivity contribution < 1.29 is 4.42 Å². The van der Waals surface area contributed by atoms with Crippen molar-refractivity contribution in [3.8, 4) is 11.4 Å². The van der Waals surface area contributed by atoms with E-state index in [0.29, 0.717) is 16.7 Å².